The van der Waals surface area contributed by atoms with E-state index in [2.05, 4.69) is 4.98 Å². The molecule has 6 rings (SSSR count). The quantitative estimate of drug-likeness (QED) is 0.337. The Balaban J connectivity index is 1.53. The van der Waals surface area contributed by atoms with Crippen LogP contribution in [-0.2, 0) is 9.59 Å². The molecule has 1 aliphatic carbocycles. The lowest BCUT2D eigenvalue weighted by atomic mass is 9.90. The van der Waals surface area contributed by atoms with Crippen molar-refractivity contribution in [1.29, 1.82) is 0 Å². The summed E-state index contributed by atoms with van der Waals surface area (Å²) in [5.74, 6) is -0.266. The average Bonchev–Trinajstić information content (AvgIpc) is 3.42. The van der Waals surface area contributed by atoms with Crippen LogP contribution in [0, 0.1) is 0 Å². The monoisotopic (exact) mass is 458 g/mol. The largest absolute Gasteiger partial charge is 0.507 e. The van der Waals surface area contributed by atoms with Crippen LogP contribution in [0.3, 0.4) is 0 Å². The Kier molecular flexibility index (Phi) is 5.05. The van der Waals surface area contributed by atoms with Gasteiger partial charge in [0.05, 0.1) is 11.6 Å². The Labute approximate surface area is 197 Å². The third-order valence-electron chi connectivity index (χ3n) is 7.18. The molecule has 2 aliphatic heterocycles. The molecule has 3 heterocycles. The van der Waals surface area contributed by atoms with E-state index in [1.54, 1.807) is 23.1 Å². The van der Waals surface area contributed by atoms with E-state index in [1.807, 2.05) is 30.5 Å². The first kappa shape index (κ1) is 20.8. The summed E-state index contributed by atoms with van der Waals surface area (Å²) < 4.78 is 11.3. The lowest BCUT2D eigenvalue weighted by Crippen LogP contribution is -2.40. The van der Waals surface area contributed by atoms with E-state index in [0.29, 0.717) is 30.3 Å². The number of nitrogens with zero attached hydrogens (tertiary/aromatic N) is 1. The molecule has 2 aromatic carbocycles. The van der Waals surface area contributed by atoms with Crippen LogP contribution in [0.15, 0.2) is 54.2 Å². The zero-order valence-electron chi connectivity index (χ0n) is 18.8. The standard InChI is InChI=1S/C27H26N2O5/c30-25(16-10-11-21-22(14-16)34-13-12-33-21)23-24(19-15-28-20-9-5-4-8-18(19)20)29(27(32)26(23)31)17-6-2-1-3-7-17/h4-5,8-11,14-15,17,24,28,30H,1-3,6-7,12-13H2/b25-23+. The number of ketones is 1. The predicted molar refractivity (Wildman–Crippen MR) is 127 cm³/mol. The average molecular weight is 459 g/mol. The van der Waals surface area contributed by atoms with Gasteiger partial charge in [0.15, 0.2) is 11.5 Å². The summed E-state index contributed by atoms with van der Waals surface area (Å²) in [5, 5.41) is 12.4. The van der Waals surface area contributed by atoms with Crippen molar-refractivity contribution in [3.63, 3.8) is 0 Å². The molecule has 34 heavy (non-hydrogen) atoms. The van der Waals surface area contributed by atoms with Gasteiger partial charge in [-0.2, -0.15) is 0 Å². The highest BCUT2D eigenvalue weighted by Gasteiger charge is 2.49. The van der Waals surface area contributed by atoms with E-state index in [9.17, 15) is 14.7 Å². The van der Waals surface area contributed by atoms with Crippen LogP contribution in [0.5, 0.6) is 11.5 Å². The lowest BCUT2D eigenvalue weighted by Gasteiger charge is -2.35. The number of benzene rings is 2. The fraction of sp³-hybridized carbons (Fsp3) is 0.333. The van der Waals surface area contributed by atoms with Crippen molar-refractivity contribution in [2.75, 3.05) is 13.2 Å². The summed E-state index contributed by atoms with van der Waals surface area (Å²) in [6.45, 7) is 0.879. The van der Waals surface area contributed by atoms with E-state index in [4.69, 9.17) is 9.47 Å². The molecule has 2 N–H and O–H groups in total. The summed E-state index contributed by atoms with van der Waals surface area (Å²) >= 11 is 0. The first-order chi connectivity index (χ1) is 16.6. The van der Waals surface area contributed by atoms with Crippen LogP contribution in [0.2, 0.25) is 0 Å². The van der Waals surface area contributed by atoms with Gasteiger partial charge in [-0.05, 0) is 37.1 Å². The summed E-state index contributed by atoms with van der Waals surface area (Å²) in [5.41, 5.74) is 2.29. The van der Waals surface area contributed by atoms with E-state index in [0.717, 1.165) is 48.6 Å². The Morgan fingerprint density at radius 1 is 0.971 bits per heavy atom. The van der Waals surface area contributed by atoms with Crippen molar-refractivity contribution in [3.8, 4) is 11.5 Å². The third kappa shape index (κ3) is 3.26. The second-order valence-corrected chi connectivity index (χ2v) is 9.15. The van der Waals surface area contributed by atoms with Crippen molar-refractivity contribution in [3.05, 3.63) is 65.4 Å². The second-order valence-electron chi connectivity index (χ2n) is 9.15. The number of rotatable bonds is 3. The Hall–Kier alpha value is -3.74. The topological polar surface area (TPSA) is 91.9 Å². The van der Waals surface area contributed by atoms with Crippen LogP contribution in [0.4, 0.5) is 0 Å². The smallest absolute Gasteiger partial charge is 0.295 e. The summed E-state index contributed by atoms with van der Waals surface area (Å²) in [7, 11) is 0. The van der Waals surface area contributed by atoms with Gasteiger partial charge in [-0.25, -0.2) is 0 Å². The number of para-hydroxylation sites is 1. The first-order valence-electron chi connectivity index (χ1n) is 11.9. The van der Waals surface area contributed by atoms with Crippen LogP contribution in [-0.4, -0.2) is 45.9 Å². The van der Waals surface area contributed by atoms with Crippen molar-refractivity contribution in [1.82, 2.24) is 9.88 Å². The minimum Gasteiger partial charge on any atom is -0.507 e. The molecule has 174 valence electrons. The van der Waals surface area contributed by atoms with Crippen molar-refractivity contribution in [2.45, 2.75) is 44.2 Å². The maximum absolute atomic E-state index is 13.4. The Bertz CT molecular complexity index is 1320. The molecule has 2 fully saturated rings. The van der Waals surface area contributed by atoms with Gasteiger partial charge in [0, 0.05) is 34.3 Å². The van der Waals surface area contributed by atoms with E-state index in [-0.39, 0.29) is 17.4 Å². The van der Waals surface area contributed by atoms with Gasteiger partial charge in [0.2, 0.25) is 0 Å². The molecule has 7 heteroatoms. The number of carbonyl (C=O) groups excluding carboxylic acids is 2. The van der Waals surface area contributed by atoms with Crippen LogP contribution in [0.25, 0.3) is 16.7 Å². The van der Waals surface area contributed by atoms with Crippen LogP contribution >= 0.6 is 0 Å². The lowest BCUT2D eigenvalue weighted by molar-refractivity contribution is -0.141. The summed E-state index contributed by atoms with van der Waals surface area (Å²) in [6.07, 6.45) is 6.75. The number of fused-ring (bicyclic) bond motifs is 2. The van der Waals surface area contributed by atoms with Crippen LogP contribution in [0.1, 0.15) is 49.3 Å². The molecule has 1 saturated heterocycles. The molecule has 1 atom stereocenters. The second kappa shape index (κ2) is 8.24. The molecule has 1 aromatic heterocycles. The molecule has 7 nitrogen and oxygen atoms in total. The molecular formula is C27H26N2O5. The Morgan fingerprint density at radius 2 is 1.74 bits per heavy atom. The maximum atomic E-state index is 13.4. The number of amides is 1. The number of aliphatic hydroxyl groups excluding tert-OH is 1. The molecule has 0 bridgehead atoms. The van der Waals surface area contributed by atoms with Gasteiger partial charge < -0.3 is 24.5 Å². The van der Waals surface area contributed by atoms with E-state index < -0.39 is 17.7 Å². The van der Waals surface area contributed by atoms with Crippen LogP contribution < -0.4 is 9.47 Å². The van der Waals surface area contributed by atoms with Crippen molar-refractivity contribution >= 4 is 28.4 Å². The fourth-order valence-electron chi connectivity index (χ4n) is 5.56. The first-order valence-corrected chi connectivity index (χ1v) is 11.9. The van der Waals surface area contributed by atoms with Gasteiger partial charge in [0.25, 0.3) is 11.7 Å². The fourth-order valence-corrected chi connectivity index (χ4v) is 5.56. The number of hydrogen-bond donors (Lipinski definition) is 2. The molecule has 3 aliphatic rings. The molecule has 3 aromatic rings. The van der Waals surface area contributed by atoms with Gasteiger partial charge in [-0.3, -0.25) is 9.59 Å². The predicted octanol–water partition coefficient (Wildman–Crippen LogP) is 4.69. The number of hydrogen-bond acceptors (Lipinski definition) is 5. The molecule has 0 spiro atoms. The molecular weight excluding hydrogens is 432 g/mol. The summed E-state index contributed by atoms with van der Waals surface area (Å²) in [4.78, 5) is 31.8. The number of Topliss-reactive ketones (excluding diaryl/α,β-unsaturated/α-hetero) is 1. The normalized spacial score (nSPS) is 22.5. The molecule has 1 amide bonds. The minimum atomic E-state index is -0.660. The third-order valence-corrected chi connectivity index (χ3v) is 7.18. The number of aliphatic hydroxyl groups is 1. The minimum absolute atomic E-state index is 0.0329. The molecule has 1 saturated carbocycles. The number of likely N-dealkylation sites (tertiary alicyclic amines) is 1. The van der Waals surface area contributed by atoms with Gasteiger partial charge >= 0.3 is 0 Å². The highest BCUT2D eigenvalue weighted by Crippen LogP contribution is 2.45. The van der Waals surface area contributed by atoms with E-state index in [1.165, 1.54) is 0 Å². The highest BCUT2D eigenvalue weighted by atomic mass is 16.6. The van der Waals surface area contributed by atoms with E-state index >= 15 is 0 Å². The van der Waals surface area contributed by atoms with Gasteiger partial charge in [-0.15, -0.1) is 0 Å². The highest BCUT2D eigenvalue weighted by molar-refractivity contribution is 6.46. The molecule has 0 radical (unpaired) electrons. The number of nitrogens with one attached hydrogen (secondary N) is 1. The zero-order valence-corrected chi connectivity index (χ0v) is 18.8. The maximum Gasteiger partial charge on any atom is 0.295 e. The van der Waals surface area contributed by atoms with Crippen molar-refractivity contribution in [2.24, 2.45) is 0 Å². The van der Waals surface area contributed by atoms with Gasteiger partial charge in [-0.1, -0.05) is 37.5 Å². The molecule has 1 unspecified atom stereocenters. The Morgan fingerprint density at radius 3 is 2.56 bits per heavy atom. The number of aromatic amines is 1. The number of aromatic nitrogens is 1. The number of carbonyl (C=O) groups is 2. The summed E-state index contributed by atoms with van der Waals surface area (Å²) in [6, 6.07) is 12.2. The van der Waals surface area contributed by atoms with Gasteiger partial charge in [0.1, 0.15) is 19.0 Å². The zero-order chi connectivity index (χ0) is 23.2. The number of ether oxygens (including phenoxy) is 2. The van der Waals surface area contributed by atoms with Crippen molar-refractivity contribution < 1.29 is 24.2 Å². The SMILES string of the molecule is O=C1C(=O)N(C2CCCCC2)C(c2c[nH]c3ccccc23)/C1=C(\O)c1ccc2c(c1)OCCO2. The number of H-pyrrole nitrogens is 1.